The van der Waals surface area contributed by atoms with Crippen LogP contribution >= 0.6 is 11.8 Å². The quantitative estimate of drug-likeness (QED) is 0.526. The van der Waals surface area contributed by atoms with Gasteiger partial charge in [-0.2, -0.15) is 0 Å². The van der Waals surface area contributed by atoms with Crippen molar-refractivity contribution in [1.29, 1.82) is 0 Å². The first-order chi connectivity index (χ1) is 11.8. The predicted octanol–water partition coefficient (Wildman–Crippen LogP) is 3.76. The Bertz CT molecular complexity index is 602. The Balaban J connectivity index is 1.55. The van der Waals surface area contributed by atoms with E-state index in [-0.39, 0.29) is 5.91 Å². The van der Waals surface area contributed by atoms with Gasteiger partial charge in [0.25, 0.3) is 0 Å². The lowest BCUT2D eigenvalue weighted by Crippen LogP contribution is -2.28. The van der Waals surface area contributed by atoms with Crippen molar-refractivity contribution in [3.63, 3.8) is 0 Å². The van der Waals surface area contributed by atoms with E-state index in [0.717, 1.165) is 17.3 Å². The van der Waals surface area contributed by atoms with E-state index in [1.165, 1.54) is 4.90 Å². The molecule has 2 aromatic rings. The highest BCUT2D eigenvalue weighted by Crippen LogP contribution is 2.18. The number of nitrogens with one attached hydrogen (secondary N) is 1. The van der Waals surface area contributed by atoms with Crippen LogP contribution in [0.15, 0.2) is 59.5 Å². The lowest BCUT2D eigenvalue weighted by Gasteiger charge is -2.09. The van der Waals surface area contributed by atoms with Crippen LogP contribution in [-0.4, -0.2) is 31.4 Å². The number of thioether (sulfide) groups is 1. The normalized spacial score (nSPS) is 10.2. The fraction of sp³-hybridized carbons (Fsp3) is 0.316. The van der Waals surface area contributed by atoms with Crippen LogP contribution in [0.2, 0.25) is 0 Å². The summed E-state index contributed by atoms with van der Waals surface area (Å²) >= 11 is 1.69. The molecule has 0 radical (unpaired) electrons. The second kappa shape index (κ2) is 10.6. The Hall–Kier alpha value is -2.14. The first kappa shape index (κ1) is 18.2. The van der Waals surface area contributed by atoms with Crippen LogP contribution in [0.3, 0.4) is 0 Å². The van der Waals surface area contributed by atoms with E-state index in [9.17, 15) is 4.79 Å². The van der Waals surface area contributed by atoms with Gasteiger partial charge in [-0.05, 0) is 43.3 Å². The molecule has 0 aliphatic heterocycles. The molecule has 0 fully saturated rings. The molecule has 0 heterocycles. The monoisotopic (exact) mass is 345 g/mol. The maximum Gasteiger partial charge on any atom is 0.220 e. The molecule has 0 atom stereocenters. The summed E-state index contributed by atoms with van der Waals surface area (Å²) < 4.78 is 11.0. The predicted molar refractivity (Wildman–Crippen MR) is 97.9 cm³/mol. The summed E-state index contributed by atoms with van der Waals surface area (Å²) in [5.74, 6) is 2.42. The molecule has 0 aliphatic carbocycles. The van der Waals surface area contributed by atoms with E-state index >= 15 is 0 Å². The van der Waals surface area contributed by atoms with Crippen molar-refractivity contribution in [1.82, 2.24) is 5.32 Å². The van der Waals surface area contributed by atoms with Crippen LogP contribution in [0.4, 0.5) is 0 Å². The molecule has 2 aromatic carbocycles. The molecule has 0 unspecified atom stereocenters. The van der Waals surface area contributed by atoms with Gasteiger partial charge in [-0.15, -0.1) is 11.8 Å². The van der Waals surface area contributed by atoms with Crippen molar-refractivity contribution in [3.05, 3.63) is 54.6 Å². The van der Waals surface area contributed by atoms with Gasteiger partial charge in [0.2, 0.25) is 5.91 Å². The van der Waals surface area contributed by atoms with Crippen molar-refractivity contribution in [2.45, 2.75) is 18.2 Å². The molecule has 0 aliphatic rings. The fourth-order valence-corrected chi connectivity index (χ4v) is 2.90. The molecule has 5 heteroatoms. The maximum atomic E-state index is 11.8. The highest BCUT2D eigenvalue weighted by atomic mass is 32.2. The molecule has 0 saturated heterocycles. The molecule has 4 nitrogen and oxygen atoms in total. The fourth-order valence-electron chi connectivity index (χ4n) is 2.02. The number of amides is 1. The smallest absolute Gasteiger partial charge is 0.220 e. The number of hydrogen-bond donors (Lipinski definition) is 1. The van der Waals surface area contributed by atoms with Gasteiger partial charge in [-0.3, -0.25) is 4.79 Å². The summed E-state index contributed by atoms with van der Waals surface area (Å²) in [6, 6.07) is 17.6. The van der Waals surface area contributed by atoms with E-state index in [2.05, 4.69) is 5.32 Å². The van der Waals surface area contributed by atoms with Crippen molar-refractivity contribution in [2.75, 3.05) is 25.5 Å². The Kier molecular flexibility index (Phi) is 8.04. The van der Waals surface area contributed by atoms with Crippen molar-refractivity contribution >= 4 is 17.7 Å². The molecule has 128 valence electrons. The summed E-state index contributed by atoms with van der Waals surface area (Å²) in [6.45, 7) is 3.55. The van der Waals surface area contributed by atoms with E-state index < -0.39 is 0 Å². The number of ether oxygens (including phenoxy) is 2. The molecule has 24 heavy (non-hydrogen) atoms. The van der Waals surface area contributed by atoms with Gasteiger partial charge in [-0.25, -0.2) is 0 Å². The number of benzene rings is 2. The number of hydrogen-bond acceptors (Lipinski definition) is 4. The zero-order valence-electron chi connectivity index (χ0n) is 13.9. The van der Waals surface area contributed by atoms with Crippen molar-refractivity contribution in [3.8, 4) is 11.5 Å². The van der Waals surface area contributed by atoms with Crippen LogP contribution < -0.4 is 14.8 Å². The van der Waals surface area contributed by atoms with Crippen LogP contribution in [0.25, 0.3) is 0 Å². The zero-order valence-corrected chi connectivity index (χ0v) is 14.7. The minimum absolute atomic E-state index is 0.0497. The molecule has 2 rings (SSSR count). The summed E-state index contributed by atoms with van der Waals surface area (Å²) in [7, 11) is 0. The standard InChI is InChI=1S/C19H23NO3S/c1-2-22-16-8-10-17(11-9-16)23-14-13-20-19(21)12-15-24-18-6-4-3-5-7-18/h3-11H,2,12-15H2,1H3,(H,20,21). The average Bonchev–Trinajstić information content (AvgIpc) is 2.61. The van der Waals surface area contributed by atoms with Gasteiger partial charge in [0.15, 0.2) is 0 Å². The Labute approximate surface area is 147 Å². The number of carbonyl (C=O) groups is 1. The molecule has 0 saturated carbocycles. The molecular formula is C19H23NO3S. The first-order valence-electron chi connectivity index (χ1n) is 8.08. The lowest BCUT2D eigenvalue weighted by atomic mass is 10.3. The van der Waals surface area contributed by atoms with E-state index in [1.807, 2.05) is 61.5 Å². The van der Waals surface area contributed by atoms with Gasteiger partial charge < -0.3 is 14.8 Å². The minimum atomic E-state index is 0.0497. The second-order valence-electron chi connectivity index (χ2n) is 5.01. The van der Waals surface area contributed by atoms with Gasteiger partial charge in [-0.1, -0.05) is 18.2 Å². The first-order valence-corrected chi connectivity index (χ1v) is 9.06. The average molecular weight is 345 g/mol. The Morgan fingerprint density at radius 3 is 2.33 bits per heavy atom. The largest absolute Gasteiger partial charge is 0.494 e. The molecule has 0 spiro atoms. The summed E-state index contributed by atoms with van der Waals surface area (Å²) in [5.41, 5.74) is 0. The topological polar surface area (TPSA) is 47.6 Å². The van der Waals surface area contributed by atoms with Crippen LogP contribution in [0.1, 0.15) is 13.3 Å². The molecule has 0 bridgehead atoms. The SMILES string of the molecule is CCOc1ccc(OCCNC(=O)CCSc2ccccc2)cc1. The van der Waals surface area contributed by atoms with Crippen LogP contribution in [0.5, 0.6) is 11.5 Å². The summed E-state index contributed by atoms with van der Waals surface area (Å²) in [5, 5.41) is 2.87. The summed E-state index contributed by atoms with van der Waals surface area (Å²) in [4.78, 5) is 12.9. The summed E-state index contributed by atoms with van der Waals surface area (Å²) in [6.07, 6.45) is 0.503. The van der Waals surface area contributed by atoms with E-state index in [0.29, 0.717) is 26.2 Å². The molecule has 1 N–H and O–H groups in total. The van der Waals surface area contributed by atoms with Gasteiger partial charge in [0.1, 0.15) is 18.1 Å². The van der Waals surface area contributed by atoms with Crippen LogP contribution in [-0.2, 0) is 4.79 Å². The van der Waals surface area contributed by atoms with Crippen LogP contribution in [0, 0.1) is 0 Å². The molecule has 1 amide bonds. The third kappa shape index (κ3) is 6.96. The minimum Gasteiger partial charge on any atom is -0.494 e. The molecular weight excluding hydrogens is 322 g/mol. The molecule has 0 aromatic heterocycles. The third-order valence-electron chi connectivity index (χ3n) is 3.17. The van der Waals surface area contributed by atoms with Gasteiger partial charge in [0, 0.05) is 17.1 Å². The zero-order chi connectivity index (χ0) is 17.0. The highest BCUT2D eigenvalue weighted by Gasteiger charge is 2.02. The Morgan fingerprint density at radius 1 is 1.00 bits per heavy atom. The van der Waals surface area contributed by atoms with Crippen molar-refractivity contribution < 1.29 is 14.3 Å². The van der Waals surface area contributed by atoms with Crippen molar-refractivity contribution in [2.24, 2.45) is 0 Å². The maximum absolute atomic E-state index is 11.8. The second-order valence-corrected chi connectivity index (χ2v) is 6.18. The van der Waals surface area contributed by atoms with Gasteiger partial charge >= 0.3 is 0 Å². The Morgan fingerprint density at radius 2 is 1.67 bits per heavy atom. The number of rotatable bonds is 10. The van der Waals surface area contributed by atoms with Gasteiger partial charge in [0.05, 0.1) is 13.2 Å². The lowest BCUT2D eigenvalue weighted by molar-refractivity contribution is -0.120. The van der Waals surface area contributed by atoms with E-state index in [1.54, 1.807) is 11.8 Å². The third-order valence-corrected chi connectivity index (χ3v) is 4.18. The number of carbonyl (C=O) groups excluding carboxylic acids is 1. The highest BCUT2D eigenvalue weighted by molar-refractivity contribution is 7.99. The van der Waals surface area contributed by atoms with E-state index in [4.69, 9.17) is 9.47 Å².